The first-order chi connectivity index (χ1) is 12.3. The van der Waals surface area contributed by atoms with Gasteiger partial charge in [0, 0.05) is 12.6 Å². The van der Waals surface area contributed by atoms with Crippen LogP contribution < -0.4 is 10.1 Å². The summed E-state index contributed by atoms with van der Waals surface area (Å²) in [7, 11) is 3.99. The number of rotatable bonds is 7. The van der Waals surface area contributed by atoms with Crippen molar-refractivity contribution in [2.75, 3.05) is 20.6 Å². The fraction of sp³-hybridized carbons (Fsp3) is 0.600. The predicted molar refractivity (Wildman–Crippen MR) is 100 cm³/mol. The van der Waals surface area contributed by atoms with Gasteiger partial charge >= 0.3 is 12.1 Å². The lowest BCUT2D eigenvalue weighted by atomic mass is 9.72. The molecule has 1 aromatic carbocycles. The van der Waals surface area contributed by atoms with E-state index in [1.807, 2.05) is 32.3 Å². The lowest BCUT2D eigenvalue weighted by molar-refractivity contribution is -0.140. The van der Waals surface area contributed by atoms with Crippen molar-refractivity contribution in [2.24, 2.45) is 5.41 Å². The number of hydrogen-bond acceptors (Lipinski definition) is 4. The number of nitrogens with one attached hydrogen (secondary N) is 1. The number of amides is 1. The van der Waals surface area contributed by atoms with E-state index in [-0.39, 0.29) is 17.9 Å². The Morgan fingerprint density at radius 2 is 1.96 bits per heavy atom. The Morgan fingerprint density at radius 3 is 2.58 bits per heavy atom. The molecule has 6 heteroatoms. The van der Waals surface area contributed by atoms with Gasteiger partial charge < -0.3 is 20.1 Å². The number of nitrogens with zero attached hydrogens (tertiary/aromatic N) is 1. The van der Waals surface area contributed by atoms with Gasteiger partial charge in [0.25, 0.3) is 0 Å². The Labute approximate surface area is 155 Å². The van der Waals surface area contributed by atoms with Crippen LogP contribution in [0, 0.1) is 5.41 Å². The highest BCUT2D eigenvalue weighted by atomic mass is 16.6. The SMILES string of the molecule is C[C@@H](c1cccc(OC(=O)NCC2(CC(=O)O)CCCCC2)c1)N(C)C. The first kappa shape index (κ1) is 20.2. The normalized spacial score (nSPS) is 17.5. The Bertz CT molecular complexity index is 624. The Kier molecular flexibility index (Phi) is 7.03. The topological polar surface area (TPSA) is 78.9 Å². The third-order valence-electron chi connectivity index (χ3n) is 5.37. The molecule has 2 N–H and O–H groups in total. The Balaban J connectivity index is 1.95. The molecule has 6 nitrogen and oxygen atoms in total. The van der Waals surface area contributed by atoms with E-state index in [0.29, 0.717) is 12.3 Å². The van der Waals surface area contributed by atoms with E-state index in [1.165, 1.54) is 0 Å². The van der Waals surface area contributed by atoms with Crippen molar-refractivity contribution in [1.82, 2.24) is 10.2 Å². The van der Waals surface area contributed by atoms with Crippen LogP contribution in [0.5, 0.6) is 5.75 Å². The quantitative estimate of drug-likeness (QED) is 0.771. The number of carbonyl (C=O) groups is 2. The van der Waals surface area contributed by atoms with Gasteiger partial charge in [-0.15, -0.1) is 0 Å². The van der Waals surface area contributed by atoms with Gasteiger partial charge in [0.05, 0.1) is 6.42 Å². The monoisotopic (exact) mass is 362 g/mol. The molecule has 26 heavy (non-hydrogen) atoms. The standard InChI is InChI=1S/C20H30N2O4/c1-15(22(2)3)16-8-7-9-17(12-16)26-19(25)21-14-20(13-18(23)24)10-5-4-6-11-20/h7-9,12,15H,4-6,10-11,13-14H2,1-3H3,(H,21,25)(H,23,24)/t15-/m0/s1. The minimum absolute atomic E-state index is 0.0864. The van der Waals surface area contributed by atoms with Crippen LogP contribution in [0.3, 0.4) is 0 Å². The van der Waals surface area contributed by atoms with Gasteiger partial charge in [-0.2, -0.15) is 0 Å². The molecule has 0 aliphatic heterocycles. The summed E-state index contributed by atoms with van der Waals surface area (Å²) in [5.74, 6) is -0.322. The van der Waals surface area contributed by atoms with Gasteiger partial charge in [-0.25, -0.2) is 4.79 Å². The van der Waals surface area contributed by atoms with Crippen LogP contribution in [0.1, 0.15) is 57.1 Å². The molecule has 1 aromatic rings. The number of benzene rings is 1. The van der Waals surface area contributed by atoms with E-state index in [4.69, 9.17) is 4.74 Å². The Morgan fingerprint density at radius 1 is 1.27 bits per heavy atom. The summed E-state index contributed by atoms with van der Waals surface area (Å²) < 4.78 is 5.41. The molecule has 0 aromatic heterocycles. The molecule has 1 aliphatic rings. The molecule has 1 saturated carbocycles. The molecule has 2 rings (SSSR count). The lowest BCUT2D eigenvalue weighted by Gasteiger charge is -2.36. The molecule has 0 radical (unpaired) electrons. The molecule has 0 saturated heterocycles. The fourth-order valence-electron chi connectivity index (χ4n) is 3.58. The van der Waals surface area contributed by atoms with E-state index in [0.717, 1.165) is 37.7 Å². The van der Waals surface area contributed by atoms with Crippen molar-refractivity contribution < 1.29 is 19.4 Å². The van der Waals surface area contributed by atoms with Gasteiger partial charge in [0.15, 0.2) is 0 Å². The highest BCUT2D eigenvalue weighted by Gasteiger charge is 2.34. The summed E-state index contributed by atoms with van der Waals surface area (Å²) in [5.41, 5.74) is 0.708. The van der Waals surface area contributed by atoms with E-state index in [2.05, 4.69) is 17.1 Å². The summed E-state index contributed by atoms with van der Waals surface area (Å²) in [6, 6.07) is 7.68. The second kappa shape index (κ2) is 9.03. The van der Waals surface area contributed by atoms with Crippen LogP contribution in [-0.4, -0.2) is 42.7 Å². The summed E-state index contributed by atoms with van der Waals surface area (Å²) >= 11 is 0. The van der Waals surface area contributed by atoms with Gasteiger partial charge in [-0.1, -0.05) is 31.4 Å². The van der Waals surface area contributed by atoms with Crippen molar-refractivity contribution >= 4 is 12.1 Å². The third kappa shape index (κ3) is 5.73. The smallest absolute Gasteiger partial charge is 0.412 e. The maximum absolute atomic E-state index is 12.2. The number of ether oxygens (including phenoxy) is 1. The molecule has 1 aliphatic carbocycles. The van der Waals surface area contributed by atoms with Gasteiger partial charge in [0.1, 0.15) is 5.75 Å². The van der Waals surface area contributed by atoms with Crippen molar-refractivity contribution in [3.8, 4) is 5.75 Å². The van der Waals surface area contributed by atoms with E-state index in [1.54, 1.807) is 6.07 Å². The molecule has 0 bridgehead atoms. The summed E-state index contributed by atoms with van der Waals surface area (Å²) in [4.78, 5) is 25.5. The van der Waals surface area contributed by atoms with Gasteiger partial charge in [-0.05, 0) is 57.0 Å². The lowest BCUT2D eigenvalue weighted by Crippen LogP contribution is -2.41. The van der Waals surface area contributed by atoms with E-state index < -0.39 is 12.1 Å². The van der Waals surface area contributed by atoms with Gasteiger partial charge in [0.2, 0.25) is 0 Å². The largest absolute Gasteiger partial charge is 0.481 e. The van der Waals surface area contributed by atoms with Crippen LogP contribution in [0.4, 0.5) is 4.79 Å². The zero-order chi connectivity index (χ0) is 19.2. The van der Waals surface area contributed by atoms with Crippen molar-refractivity contribution in [3.63, 3.8) is 0 Å². The Hall–Kier alpha value is -2.08. The minimum Gasteiger partial charge on any atom is -0.481 e. The third-order valence-corrected chi connectivity index (χ3v) is 5.37. The van der Waals surface area contributed by atoms with Crippen molar-refractivity contribution in [2.45, 2.75) is 51.5 Å². The zero-order valence-electron chi connectivity index (χ0n) is 16.0. The molecular formula is C20H30N2O4. The van der Waals surface area contributed by atoms with Crippen LogP contribution in [0.25, 0.3) is 0 Å². The minimum atomic E-state index is -0.813. The predicted octanol–water partition coefficient (Wildman–Crippen LogP) is 3.82. The zero-order valence-corrected chi connectivity index (χ0v) is 16.0. The molecule has 0 spiro atoms. The van der Waals surface area contributed by atoms with Crippen LogP contribution in [0.15, 0.2) is 24.3 Å². The summed E-state index contributed by atoms with van der Waals surface area (Å²) in [6.45, 7) is 2.42. The molecule has 1 amide bonds. The second-order valence-corrected chi connectivity index (χ2v) is 7.59. The van der Waals surface area contributed by atoms with E-state index >= 15 is 0 Å². The molecule has 1 atom stereocenters. The second-order valence-electron chi connectivity index (χ2n) is 7.59. The number of aliphatic carboxylic acids is 1. The number of carboxylic acids is 1. The number of carbonyl (C=O) groups excluding carboxylic acids is 1. The van der Waals surface area contributed by atoms with Crippen molar-refractivity contribution in [1.29, 1.82) is 0 Å². The molecular weight excluding hydrogens is 332 g/mol. The maximum atomic E-state index is 12.2. The molecule has 1 fully saturated rings. The molecule has 0 unspecified atom stereocenters. The molecule has 0 heterocycles. The number of hydrogen-bond donors (Lipinski definition) is 2. The van der Waals surface area contributed by atoms with Gasteiger partial charge in [-0.3, -0.25) is 4.79 Å². The van der Waals surface area contributed by atoms with Crippen LogP contribution in [0.2, 0.25) is 0 Å². The first-order valence-corrected chi connectivity index (χ1v) is 9.25. The summed E-state index contributed by atoms with van der Waals surface area (Å²) in [6.07, 6.45) is 4.36. The molecule has 144 valence electrons. The fourth-order valence-corrected chi connectivity index (χ4v) is 3.58. The van der Waals surface area contributed by atoms with Crippen LogP contribution in [-0.2, 0) is 4.79 Å². The number of carboxylic acid groups (broad SMARTS) is 1. The van der Waals surface area contributed by atoms with Crippen molar-refractivity contribution in [3.05, 3.63) is 29.8 Å². The average Bonchev–Trinajstić information content (AvgIpc) is 2.60. The van der Waals surface area contributed by atoms with Crippen LogP contribution >= 0.6 is 0 Å². The average molecular weight is 362 g/mol. The maximum Gasteiger partial charge on any atom is 0.412 e. The highest BCUT2D eigenvalue weighted by Crippen LogP contribution is 2.38. The summed E-state index contributed by atoms with van der Waals surface area (Å²) in [5, 5.41) is 12.0. The van der Waals surface area contributed by atoms with E-state index in [9.17, 15) is 14.7 Å². The first-order valence-electron chi connectivity index (χ1n) is 9.25. The highest BCUT2D eigenvalue weighted by molar-refractivity contribution is 5.71.